The summed E-state index contributed by atoms with van der Waals surface area (Å²) in [6.07, 6.45) is 5.68. The maximum absolute atomic E-state index is 12.1. The highest BCUT2D eigenvalue weighted by Gasteiger charge is 2.44. The first-order chi connectivity index (χ1) is 9.59. The maximum Gasteiger partial charge on any atom is 0.224 e. The van der Waals surface area contributed by atoms with Crippen LogP contribution in [0.25, 0.3) is 0 Å². The third-order valence-corrected chi connectivity index (χ3v) is 5.90. The normalized spacial score (nSPS) is 27.6. The van der Waals surface area contributed by atoms with Crippen molar-refractivity contribution in [1.29, 1.82) is 0 Å². The van der Waals surface area contributed by atoms with Crippen LogP contribution in [0.15, 0.2) is 11.4 Å². The molecule has 2 aliphatic rings. The molecule has 1 aromatic heterocycles. The van der Waals surface area contributed by atoms with Crippen molar-refractivity contribution in [3.05, 3.63) is 21.9 Å². The number of nitrogens with zero attached hydrogens (tertiary/aromatic N) is 1. The molecular weight excluding hydrogens is 268 g/mol. The van der Waals surface area contributed by atoms with E-state index >= 15 is 0 Å². The molecule has 3 rings (SSSR count). The van der Waals surface area contributed by atoms with Crippen molar-refractivity contribution in [2.24, 2.45) is 17.1 Å². The fourth-order valence-corrected chi connectivity index (χ4v) is 4.42. The van der Waals surface area contributed by atoms with E-state index in [9.17, 15) is 4.79 Å². The summed E-state index contributed by atoms with van der Waals surface area (Å²) < 4.78 is 0. The summed E-state index contributed by atoms with van der Waals surface area (Å²) in [6.45, 7) is 5.09. The van der Waals surface area contributed by atoms with Gasteiger partial charge in [-0.15, -0.1) is 11.3 Å². The molecule has 1 aromatic rings. The van der Waals surface area contributed by atoms with Gasteiger partial charge in [0.2, 0.25) is 5.91 Å². The van der Waals surface area contributed by atoms with E-state index in [1.165, 1.54) is 23.3 Å². The molecule has 20 heavy (non-hydrogen) atoms. The number of carbonyl (C=O) groups excluding carboxylic acids is 1. The summed E-state index contributed by atoms with van der Waals surface area (Å²) in [7, 11) is 0. The van der Waals surface area contributed by atoms with Crippen LogP contribution in [0.1, 0.15) is 42.5 Å². The number of carbonyl (C=O) groups is 1. The number of likely N-dealkylation sites (tertiary alicyclic amines) is 1. The van der Waals surface area contributed by atoms with Gasteiger partial charge in [-0.1, -0.05) is 12.8 Å². The lowest BCUT2D eigenvalue weighted by Crippen LogP contribution is -2.50. The van der Waals surface area contributed by atoms with Crippen molar-refractivity contribution >= 4 is 17.2 Å². The van der Waals surface area contributed by atoms with Crippen molar-refractivity contribution in [3.63, 3.8) is 0 Å². The summed E-state index contributed by atoms with van der Waals surface area (Å²) in [5.41, 5.74) is 6.89. The predicted molar refractivity (Wildman–Crippen MR) is 82.5 cm³/mol. The lowest BCUT2D eigenvalue weighted by atomic mass is 9.75. The van der Waals surface area contributed by atoms with Crippen LogP contribution in [0.3, 0.4) is 0 Å². The molecule has 1 aliphatic carbocycles. The lowest BCUT2D eigenvalue weighted by molar-refractivity contribution is -0.132. The Bertz CT molecular complexity index is 494. The number of amides is 1. The van der Waals surface area contributed by atoms with Crippen LogP contribution in [0.2, 0.25) is 0 Å². The molecule has 2 heterocycles. The van der Waals surface area contributed by atoms with Gasteiger partial charge in [-0.3, -0.25) is 9.69 Å². The number of piperidine rings is 1. The molecule has 1 saturated carbocycles. The van der Waals surface area contributed by atoms with Gasteiger partial charge in [-0.2, -0.15) is 0 Å². The van der Waals surface area contributed by atoms with E-state index in [-0.39, 0.29) is 11.3 Å². The van der Waals surface area contributed by atoms with Crippen LogP contribution in [-0.4, -0.2) is 23.9 Å². The molecule has 1 atom stereocenters. The minimum atomic E-state index is -0.259. The largest absolute Gasteiger partial charge is 0.369 e. The van der Waals surface area contributed by atoms with Crippen LogP contribution in [0, 0.1) is 18.3 Å². The van der Waals surface area contributed by atoms with E-state index in [1.807, 2.05) is 11.3 Å². The quantitative estimate of drug-likeness (QED) is 0.907. The topological polar surface area (TPSA) is 46.3 Å². The Kier molecular flexibility index (Phi) is 3.87. The second kappa shape index (κ2) is 5.49. The molecular formula is C16H24N2OS. The van der Waals surface area contributed by atoms with Crippen molar-refractivity contribution < 1.29 is 4.79 Å². The fourth-order valence-electron chi connectivity index (χ4n) is 3.47. The summed E-state index contributed by atoms with van der Waals surface area (Å²) in [5, 5.41) is 2.15. The van der Waals surface area contributed by atoms with E-state index in [0.717, 1.165) is 44.8 Å². The van der Waals surface area contributed by atoms with Crippen LogP contribution in [0.5, 0.6) is 0 Å². The summed E-state index contributed by atoms with van der Waals surface area (Å²) >= 11 is 1.82. The standard InChI is InChI=1S/C16H24N2OS/c1-12-5-8-20-14(12)10-18-7-2-6-16(11-18,15(17)19)9-13-3-4-13/h5,8,13H,2-4,6-7,9-11H2,1H3,(H2,17,19). The van der Waals surface area contributed by atoms with Gasteiger partial charge in [0.25, 0.3) is 0 Å². The summed E-state index contributed by atoms with van der Waals surface area (Å²) in [4.78, 5) is 15.9. The smallest absolute Gasteiger partial charge is 0.224 e. The Morgan fingerprint density at radius 1 is 1.55 bits per heavy atom. The number of primary amides is 1. The number of aryl methyl sites for hydroxylation is 1. The van der Waals surface area contributed by atoms with Gasteiger partial charge in [0.15, 0.2) is 0 Å². The zero-order valence-corrected chi connectivity index (χ0v) is 13.0. The average Bonchev–Trinajstić information content (AvgIpc) is 3.13. The SMILES string of the molecule is Cc1ccsc1CN1CCCC(CC2CC2)(C(N)=O)C1. The van der Waals surface area contributed by atoms with Gasteiger partial charge in [0.1, 0.15) is 0 Å². The van der Waals surface area contributed by atoms with Crippen molar-refractivity contribution in [1.82, 2.24) is 4.90 Å². The van der Waals surface area contributed by atoms with E-state index in [0.29, 0.717) is 0 Å². The first-order valence-electron chi connectivity index (χ1n) is 7.64. The molecule has 0 spiro atoms. The van der Waals surface area contributed by atoms with Crippen molar-refractivity contribution in [3.8, 4) is 0 Å². The Balaban J connectivity index is 1.70. The van der Waals surface area contributed by atoms with E-state index in [2.05, 4.69) is 23.3 Å². The molecule has 0 bridgehead atoms. The van der Waals surface area contributed by atoms with Gasteiger partial charge in [-0.25, -0.2) is 0 Å². The van der Waals surface area contributed by atoms with E-state index < -0.39 is 0 Å². The maximum atomic E-state index is 12.1. The first-order valence-corrected chi connectivity index (χ1v) is 8.52. The molecule has 110 valence electrons. The fraction of sp³-hybridized carbons (Fsp3) is 0.688. The highest BCUT2D eigenvalue weighted by molar-refractivity contribution is 7.10. The molecule has 0 aromatic carbocycles. The molecule has 2 fully saturated rings. The van der Waals surface area contributed by atoms with Crippen LogP contribution >= 0.6 is 11.3 Å². The molecule has 3 nitrogen and oxygen atoms in total. The van der Waals surface area contributed by atoms with Gasteiger partial charge < -0.3 is 5.73 Å². The van der Waals surface area contributed by atoms with E-state index in [1.54, 1.807) is 0 Å². The van der Waals surface area contributed by atoms with Gasteiger partial charge in [0, 0.05) is 18.0 Å². The van der Waals surface area contributed by atoms with Crippen molar-refractivity contribution in [2.75, 3.05) is 13.1 Å². The van der Waals surface area contributed by atoms with Gasteiger partial charge >= 0.3 is 0 Å². The zero-order chi connectivity index (χ0) is 14.2. The van der Waals surface area contributed by atoms with Gasteiger partial charge in [0.05, 0.1) is 5.41 Å². The number of hydrogen-bond acceptors (Lipinski definition) is 3. The summed E-state index contributed by atoms with van der Waals surface area (Å²) in [6, 6.07) is 2.18. The first kappa shape index (κ1) is 14.1. The number of hydrogen-bond donors (Lipinski definition) is 1. The molecule has 1 unspecified atom stereocenters. The second-order valence-corrected chi connectivity index (χ2v) is 7.63. The number of rotatable bonds is 5. The minimum absolute atomic E-state index is 0.0722. The highest BCUT2D eigenvalue weighted by Crippen LogP contribution is 2.44. The molecule has 0 radical (unpaired) electrons. The number of nitrogens with two attached hydrogens (primary N) is 1. The predicted octanol–water partition coefficient (Wildman–Crippen LogP) is 2.92. The minimum Gasteiger partial charge on any atom is -0.369 e. The summed E-state index contributed by atoms with van der Waals surface area (Å²) in [5.74, 6) is 0.683. The molecule has 2 N–H and O–H groups in total. The lowest BCUT2D eigenvalue weighted by Gasteiger charge is -2.41. The monoisotopic (exact) mass is 292 g/mol. The molecule has 1 aliphatic heterocycles. The van der Waals surface area contributed by atoms with Crippen LogP contribution in [-0.2, 0) is 11.3 Å². The number of thiophene rings is 1. The van der Waals surface area contributed by atoms with Crippen molar-refractivity contribution in [2.45, 2.75) is 45.6 Å². The van der Waals surface area contributed by atoms with Crippen LogP contribution in [0.4, 0.5) is 0 Å². The second-order valence-electron chi connectivity index (χ2n) is 6.63. The highest BCUT2D eigenvalue weighted by atomic mass is 32.1. The van der Waals surface area contributed by atoms with Crippen LogP contribution < -0.4 is 5.73 Å². The Morgan fingerprint density at radius 2 is 2.35 bits per heavy atom. The Hall–Kier alpha value is -0.870. The Morgan fingerprint density at radius 3 is 2.95 bits per heavy atom. The Labute approximate surface area is 125 Å². The average molecular weight is 292 g/mol. The van der Waals surface area contributed by atoms with E-state index in [4.69, 9.17) is 5.73 Å². The molecule has 1 saturated heterocycles. The third-order valence-electron chi connectivity index (χ3n) is 4.89. The molecule has 4 heteroatoms. The van der Waals surface area contributed by atoms with Gasteiger partial charge in [-0.05, 0) is 55.7 Å². The molecule has 1 amide bonds. The third kappa shape index (κ3) is 2.91. The zero-order valence-electron chi connectivity index (χ0n) is 12.2.